The molecule has 0 aliphatic heterocycles. The lowest BCUT2D eigenvalue weighted by Gasteiger charge is -2.21. The van der Waals surface area contributed by atoms with Gasteiger partial charge in [0.2, 0.25) is 5.95 Å². The van der Waals surface area contributed by atoms with Crippen LogP contribution in [0.5, 0.6) is 0 Å². The maximum atomic E-state index is 11.3. The first kappa shape index (κ1) is 13.6. The van der Waals surface area contributed by atoms with Crippen LogP contribution in [0.1, 0.15) is 18.8 Å². The summed E-state index contributed by atoms with van der Waals surface area (Å²) in [6.45, 7) is 0.897. The van der Waals surface area contributed by atoms with Gasteiger partial charge in [-0.3, -0.25) is 4.79 Å². The van der Waals surface area contributed by atoms with Crippen molar-refractivity contribution in [3.63, 3.8) is 0 Å². The predicted molar refractivity (Wildman–Crippen MR) is 57.9 cm³/mol. The highest BCUT2D eigenvalue weighted by Gasteiger charge is 2.22. The fourth-order valence-corrected chi connectivity index (χ4v) is 1.14. The number of rotatable bonds is 5. The summed E-state index contributed by atoms with van der Waals surface area (Å²) < 4.78 is 4.92. The largest absolute Gasteiger partial charge is 0.394 e. The molecule has 0 amide bonds. The second-order valence-corrected chi connectivity index (χ2v) is 3.50. The quantitative estimate of drug-likeness (QED) is 0.381. The van der Waals surface area contributed by atoms with E-state index in [9.17, 15) is 15.0 Å². The Labute approximate surface area is 96.7 Å². The van der Waals surface area contributed by atoms with Crippen molar-refractivity contribution in [2.75, 3.05) is 12.3 Å². The summed E-state index contributed by atoms with van der Waals surface area (Å²) in [7, 11) is 0. The van der Waals surface area contributed by atoms with Gasteiger partial charge >= 0.3 is 0 Å². The number of nitrogens with two attached hydrogens (primary N) is 1. The summed E-state index contributed by atoms with van der Waals surface area (Å²) in [6.07, 6.45) is -2.43. The van der Waals surface area contributed by atoms with E-state index in [-0.39, 0.29) is 11.5 Å². The topological polar surface area (TPSA) is 142 Å². The van der Waals surface area contributed by atoms with Crippen LogP contribution < -0.4 is 11.3 Å². The molecule has 1 rings (SSSR count). The zero-order valence-electron chi connectivity index (χ0n) is 9.20. The highest BCUT2D eigenvalue weighted by Crippen LogP contribution is 2.13. The number of nitrogen functional groups attached to an aromatic ring is 1. The molecular formula is C9H15N3O5. The van der Waals surface area contributed by atoms with Crippen molar-refractivity contribution >= 4 is 5.95 Å². The standard InChI is InChI=1S/C9H15N3O5/c1-4(14)6(3-13)17-8(16)5-2-11-9(10)12-7(5)15/h2,4,6,8,13-14,16H,3H2,1H3,(H3,10,11,12,15)/t4-,6-,8?/m1/s1. The van der Waals surface area contributed by atoms with Crippen LogP contribution in [0.2, 0.25) is 0 Å². The summed E-state index contributed by atoms with van der Waals surface area (Å²) in [5, 5.41) is 27.7. The van der Waals surface area contributed by atoms with Gasteiger partial charge in [-0.05, 0) is 6.92 Å². The van der Waals surface area contributed by atoms with Crippen LogP contribution in [0, 0.1) is 0 Å². The van der Waals surface area contributed by atoms with Crippen molar-refractivity contribution in [3.05, 3.63) is 22.1 Å². The van der Waals surface area contributed by atoms with E-state index < -0.39 is 30.7 Å². The fraction of sp³-hybridized carbons (Fsp3) is 0.556. The van der Waals surface area contributed by atoms with Crippen LogP contribution in [0.25, 0.3) is 0 Å². The third kappa shape index (κ3) is 3.49. The molecule has 1 aromatic rings. The van der Waals surface area contributed by atoms with Gasteiger partial charge in [-0.1, -0.05) is 0 Å². The SMILES string of the molecule is C[C@@H](O)[C@@H](CO)OC(O)c1c[nH]c(N)nc1=O. The lowest BCUT2D eigenvalue weighted by Crippen LogP contribution is -2.33. The Kier molecular flexibility index (Phi) is 4.58. The number of aromatic amines is 1. The first-order chi connectivity index (χ1) is 7.95. The summed E-state index contributed by atoms with van der Waals surface area (Å²) >= 11 is 0. The number of anilines is 1. The highest BCUT2D eigenvalue weighted by molar-refractivity contribution is 5.18. The van der Waals surface area contributed by atoms with Crippen LogP contribution in [-0.4, -0.2) is 44.1 Å². The number of ether oxygens (including phenoxy) is 1. The number of aliphatic hydroxyl groups excluding tert-OH is 3. The lowest BCUT2D eigenvalue weighted by molar-refractivity contribution is -0.177. The molecule has 8 heteroatoms. The average molecular weight is 245 g/mol. The average Bonchev–Trinajstić information content (AvgIpc) is 2.24. The minimum Gasteiger partial charge on any atom is -0.394 e. The number of aromatic nitrogens is 2. The molecule has 1 heterocycles. The smallest absolute Gasteiger partial charge is 0.282 e. The molecular weight excluding hydrogens is 230 g/mol. The van der Waals surface area contributed by atoms with Crippen molar-refractivity contribution in [3.8, 4) is 0 Å². The summed E-state index contributed by atoms with van der Waals surface area (Å²) in [6, 6.07) is 0. The first-order valence-corrected chi connectivity index (χ1v) is 4.93. The molecule has 0 radical (unpaired) electrons. The minimum absolute atomic E-state index is 0.0832. The van der Waals surface area contributed by atoms with Crippen molar-refractivity contribution < 1.29 is 20.1 Å². The molecule has 17 heavy (non-hydrogen) atoms. The molecule has 3 atom stereocenters. The number of H-pyrrole nitrogens is 1. The molecule has 0 aliphatic carbocycles. The third-order valence-corrected chi connectivity index (χ3v) is 2.13. The van der Waals surface area contributed by atoms with Crippen LogP contribution in [-0.2, 0) is 4.74 Å². The lowest BCUT2D eigenvalue weighted by atomic mass is 10.2. The van der Waals surface area contributed by atoms with Crippen LogP contribution in [0.15, 0.2) is 11.0 Å². The molecule has 96 valence electrons. The molecule has 8 nitrogen and oxygen atoms in total. The van der Waals surface area contributed by atoms with Gasteiger partial charge in [0, 0.05) is 6.20 Å². The summed E-state index contributed by atoms with van der Waals surface area (Å²) in [4.78, 5) is 17.2. The van der Waals surface area contributed by atoms with Gasteiger partial charge in [0.1, 0.15) is 6.10 Å². The third-order valence-electron chi connectivity index (χ3n) is 2.13. The Morgan fingerprint density at radius 2 is 2.24 bits per heavy atom. The normalized spacial score (nSPS) is 16.5. The summed E-state index contributed by atoms with van der Waals surface area (Å²) in [5.41, 5.74) is 4.34. The van der Waals surface area contributed by atoms with E-state index in [1.807, 2.05) is 0 Å². The van der Waals surface area contributed by atoms with Crippen molar-refractivity contribution in [1.82, 2.24) is 9.97 Å². The van der Waals surface area contributed by atoms with Gasteiger partial charge in [0.05, 0.1) is 18.3 Å². The van der Waals surface area contributed by atoms with E-state index in [2.05, 4.69) is 9.97 Å². The van der Waals surface area contributed by atoms with Crippen LogP contribution in [0.4, 0.5) is 5.95 Å². The zero-order valence-corrected chi connectivity index (χ0v) is 9.20. The Bertz CT molecular complexity index is 419. The molecule has 0 fully saturated rings. The van der Waals surface area contributed by atoms with Crippen molar-refractivity contribution in [1.29, 1.82) is 0 Å². The Balaban J connectivity index is 2.82. The van der Waals surface area contributed by atoms with Crippen molar-refractivity contribution in [2.45, 2.75) is 25.4 Å². The molecule has 0 saturated carbocycles. The van der Waals surface area contributed by atoms with E-state index in [0.29, 0.717) is 0 Å². The predicted octanol–water partition coefficient (Wildman–Crippen LogP) is -1.90. The van der Waals surface area contributed by atoms with E-state index in [1.54, 1.807) is 0 Å². The molecule has 1 aromatic heterocycles. The van der Waals surface area contributed by atoms with E-state index in [0.717, 1.165) is 6.20 Å². The number of aliphatic hydroxyl groups is 3. The number of hydrogen-bond donors (Lipinski definition) is 5. The molecule has 0 bridgehead atoms. The van der Waals surface area contributed by atoms with Crippen LogP contribution >= 0.6 is 0 Å². The molecule has 0 aromatic carbocycles. The van der Waals surface area contributed by atoms with Gasteiger partial charge in [0.25, 0.3) is 5.56 Å². The van der Waals surface area contributed by atoms with E-state index in [4.69, 9.17) is 15.6 Å². The van der Waals surface area contributed by atoms with Gasteiger partial charge < -0.3 is 30.8 Å². The van der Waals surface area contributed by atoms with Crippen LogP contribution in [0.3, 0.4) is 0 Å². The van der Waals surface area contributed by atoms with Gasteiger partial charge in [-0.25, -0.2) is 0 Å². The highest BCUT2D eigenvalue weighted by atomic mass is 16.6. The Hall–Kier alpha value is -1.48. The molecule has 6 N–H and O–H groups in total. The first-order valence-electron chi connectivity index (χ1n) is 4.93. The fourth-order valence-electron chi connectivity index (χ4n) is 1.14. The number of hydrogen-bond acceptors (Lipinski definition) is 7. The monoisotopic (exact) mass is 245 g/mol. The summed E-state index contributed by atoms with van der Waals surface area (Å²) in [5.74, 6) is -0.0832. The minimum atomic E-state index is -1.60. The number of nitrogens with one attached hydrogen (secondary N) is 1. The second-order valence-electron chi connectivity index (χ2n) is 3.50. The van der Waals surface area contributed by atoms with E-state index in [1.165, 1.54) is 6.92 Å². The van der Waals surface area contributed by atoms with Gasteiger partial charge in [-0.2, -0.15) is 4.98 Å². The molecule has 1 unspecified atom stereocenters. The van der Waals surface area contributed by atoms with Gasteiger partial charge in [-0.15, -0.1) is 0 Å². The number of nitrogens with zero attached hydrogens (tertiary/aromatic N) is 1. The maximum Gasteiger partial charge on any atom is 0.282 e. The molecule has 0 spiro atoms. The molecule has 0 aliphatic rings. The molecule has 0 saturated heterocycles. The van der Waals surface area contributed by atoms with E-state index >= 15 is 0 Å². The zero-order chi connectivity index (χ0) is 13.0. The Morgan fingerprint density at radius 1 is 1.59 bits per heavy atom. The Morgan fingerprint density at radius 3 is 2.71 bits per heavy atom. The maximum absolute atomic E-state index is 11.3. The second kappa shape index (κ2) is 5.73. The van der Waals surface area contributed by atoms with Gasteiger partial charge in [0.15, 0.2) is 6.29 Å². The van der Waals surface area contributed by atoms with Crippen molar-refractivity contribution in [2.24, 2.45) is 0 Å².